The smallest absolute Gasteiger partial charge is 0.0462 e. The van der Waals surface area contributed by atoms with E-state index in [0.29, 0.717) is 11.8 Å². The summed E-state index contributed by atoms with van der Waals surface area (Å²) in [6.45, 7) is 4.89. The molecule has 0 aliphatic carbocycles. The van der Waals surface area contributed by atoms with Crippen LogP contribution < -0.4 is 0 Å². The molecule has 0 saturated carbocycles. The minimum atomic E-state index is 0.233. The summed E-state index contributed by atoms with van der Waals surface area (Å²) in [4.78, 5) is 0. The zero-order valence-corrected chi connectivity index (χ0v) is 14.7. The van der Waals surface area contributed by atoms with E-state index in [0.717, 1.165) is 19.3 Å². The number of hydrogen-bond donors (Lipinski definition) is 2. The van der Waals surface area contributed by atoms with Gasteiger partial charge in [-0.1, -0.05) is 84.5 Å². The molecule has 21 heavy (non-hydrogen) atoms. The lowest BCUT2D eigenvalue weighted by Gasteiger charge is -2.23. The lowest BCUT2D eigenvalue weighted by Crippen LogP contribution is -2.22. The standard InChI is InChI=1S/C19H40O2/c1-3-5-6-7-8-9-10-11-12-13-15-19(17-21)18(16-20)14-4-2/h18-21H,3-17H2,1-2H3. The second kappa shape index (κ2) is 16.3. The molecule has 2 nitrogen and oxygen atoms in total. The summed E-state index contributed by atoms with van der Waals surface area (Å²) in [6.07, 6.45) is 16.8. The molecule has 0 heterocycles. The van der Waals surface area contributed by atoms with Crippen LogP contribution in [0.25, 0.3) is 0 Å². The van der Waals surface area contributed by atoms with Gasteiger partial charge in [0.1, 0.15) is 0 Å². The second-order valence-electron chi connectivity index (χ2n) is 6.64. The van der Waals surface area contributed by atoms with Gasteiger partial charge in [-0.15, -0.1) is 0 Å². The minimum Gasteiger partial charge on any atom is -0.396 e. The van der Waals surface area contributed by atoms with Gasteiger partial charge in [-0.05, 0) is 24.7 Å². The van der Waals surface area contributed by atoms with E-state index in [1.54, 1.807) is 0 Å². The fourth-order valence-corrected chi connectivity index (χ4v) is 3.22. The van der Waals surface area contributed by atoms with Gasteiger partial charge < -0.3 is 10.2 Å². The van der Waals surface area contributed by atoms with Gasteiger partial charge in [0.25, 0.3) is 0 Å². The number of hydrogen-bond acceptors (Lipinski definition) is 2. The summed E-state index contributed by atoms with van der Waals surface area (Å²) in [5, 5.41) is 18.9. The van der Waals surface area contributed by atoms with E-state index in [2.05, 4.69) is 13.8 Å². The highest BCUT2D eigenvalue weighted by atomic mass is 16.3. The van der Waals surface area contributed by atoms with E-state index >= 15 is 0 Å². The molecule has 0 spiro atoms. The predicted molar refractivity (Wildman–Crippen MR) is 92.5 cm³/mol. The normalized spacial score (nSPS) is 14.3. The highest BCUT2D eigenvalue weighted by Gasteiger charge is 2.18. The molecular formula is C19H40O2. The molecule has 0 aliphatic rings. The highest BCUT2D eigenvalue weighted by molar-refractivity contribution is 4.69. The van der Waals surface area contributed by atoms with E-state index in [1.807, 2.05) is 0 Å². The van der Waals surface area contributed by atoms with Gasteiger partial charge in [-0.3, -0.25) is 0 Å². The van der Waals surface area contributed by atoms with Crippen molar-refractivity contribution in [1.29, 1.82) is 0 Å². The van der Waals surface area contributed by atoms with Crippen molar-refractivity contribution in [3.05, 3.63) is 0 Å². The van der Waals surface area contributed by atoms with Gasteiger partial charge >= 0.3 is 0 Å². The average molecular weight is 301 g/mol. The first-order valence-corrected chi connectivity index (χ1v) is 9.51. The monoisotopic (exact) mass is 300 g/mol. The third kappa shape index (κ3) is 12.2. The van der Waals surface area contributed by atoms with Crippen LogP contribution in [0.1, 0.15) is 97.3 Å². The summed E-state index contributed by atoms with van der Waals surface area (Å²) >= 11 is 0. The van der Waals surface area contributed by atoms with Crippen LogP contribution in [0.4, 0.5) is 0 Å². The summed E-state index contributed by atoms with van der Waals surface area (Å²) in [5.41, 5.74) is 0. The van der Waals surface area contributed by atoms with Gasteiger partial charge in [0.15, 0.2) is 0 Å². The average Bonchev–Trinajstić information content (AvgIpc) is 2.51. The fraction of sp³-hybridized carbons (Fsp3) is 1.00. The van der Waals surface area contributed by atoms with Crippen LogP contribution >= 0.6 is 0 Å². The maximum Gasteiger partial charge on any atom is 0.0462 e. The number of aliphatic hydroxyl groups excluding tert-OH is 2. The van der Waals surface area contributed by atoms with Crippen molar-refractivity contribution >= 4 is 0 Å². The Morgan fingerprint density at radius 1 is 0.524 bits per heavy atom. The Kier molecular flexibility index (Phi) is 16.2. The van der Waals surface area contributed by atoms with Crippen molar-refractivity contribution in [3.8, 4) is 0 Å². The number of aliphatic hydroxyl groups is 2. The minimum absolute atomic E-state index is 0.233. The SMILES string of the molecule is CCCCCCCCCCCCC(CO)C(CO)CCC. The summed E-state index contributed by atoms with van der Waals surface area (Å²) in [5.74, 6) is 0.613. The lowest BCUT2D eigenvalue weighted by molar-refractivity contribution is 0.106. The Balaban J connectivity index is 3.46. The van der Waals surface area contributed by atoms with E-state index in [1.165, 1.54) is 64.2 Å². The first-order chi connectivity index (χ1) is 10.3. The number of rotatable bonds is 16. The molecule has 2 unspecified atom stereocenters. The topological polar surface area (TPSA) is 40.5 Å². The molecule has 0 radical (unpaired) electrons. The lowest BCUT2D eigenvalue weighted by atomic mass is 9.85. The first kappa shape index (κ1) is 20.9. The third-order valence-electron chi connectivity index (χ3n) is 4.72. The Hall–Kier alpha value is -0.0800. The van der Waals surface area contributed by atoms with Crippen molar-refractivity contribution in [2.45, 2.75) is 97.3 Å². The molecule has 2 atom stereocenters. The summed E-state index contributed by atoms with van der Waals surface area (Å²) in [7, 11) is 0. The summed E-state index contributed by atoms with van der Waals surface area (Å²) in [6, 6.07) is 0. The van der Waals surface area contributed by atoms with Crippen molar-refractivity contribution in [1.82, 2.24) is 0 Å². The molecule has 0 fully saturated rings. The predicted octanol–water partition coefficient (Wildman–Crippen LogP) is 5.31. The first-order valence-electron chi connectivity index (χ1n) is 9.51. The van der Waals surface area contributed by atoms with Gasteiger partial charge in [0.05, 0.1) is 0 Å². The third-order valence-corrected chi connectivity index (χ3v) is 4.72. The molecule has 0 aliphatic heterocycles. The largest absolute Gasteiger partial charge is 0.396 e. The quantitative estimate of drug-likeness (QED) is 0.379. The maximum absolute atomic E-state index is 9.49. The summed E-state index contributed by atoms with van der Waals surface area (Å²) < 4.78 is 0. The van der Waals surface area contributed by atoms with Crippen LogP contribution in [-0.2, 0) is 0 Å². The molecule has 128 valence electrons. The molecule has 0 amide bonds. The van der Waals surface area contributed by atoms with Crippen LogP contribution in [0.3, 0.4) is 0 Å². The van der Waals surface area contributed by atoms with Crippen molar-refractivity contribution in [2.75, 3.05) is 13.2 Å². The van der Waals surface area contributed by atoms with Crippen LogP contribution in [-0.4, -0.2) is 23.4 Å². The van der Waals surface area contributed by atoms with E-state index in [4.69, 9.17) is 0 Å². The van der Waals surface area contributed by atoms with Crippen molar-refractivity contribution < 1.29 is 10.2 Å². The Morgan fingerprint density at radius 2 is 0.952 bits per heavy atom. The zero-order chi connectivity index (χ0) is 15.8. The molecule has 0 aromatic rings. The molecule has 0 aromatic heterocycles. The van der Waals surface area contributed by atoms with Crippen LogP contribution in [0.5, 0.6) is 0 Å². The maximum atomic E-state index is 9.49. The van der Waals surface area contributed by atoms with Crippen molar-refractivity contribution in [2.24, 2.45) is 11.8 Å². The van der Waals surface area contributed by atoms with Crippen LogP contribution in [0, 0.1) is 11.8 Å². The number of unbranched alkanes of at least 4 members (excludes halogenated alkanes) is 9. The Morgan fingerprint density at radius 3 is 1.38 bits per heavy atom. The molecule has 2 N–H and O–H groups in total. The molecule has 0 saturated heterocycles. The van der Waals surface area contributed by atoms with E-state index in [9.17, 15) is 10.2 Å². The molecular weight excluding hydrogens is 260 g/mol. The Labute approximate surface area is 133 Å². The van der Waals surface area contributed by atoms with Crippen molar-refractivity contribution in [3.63, 3.8) is 0 Å². The molecule has 0 bridgehead atoms. The zero-order valence-electron chi connectivity index (χ0n) is 14.7. The van der Waals surface area contributed by atoms with Gasteiger partial charge in [-0.2, -0.15) is 0 Å². The van der Waals surface area contributed by atoms with Gasteiger partial charge in [-0.25, -0.2) is 0 Å². The fourth-order valence-electron chi connectivity index (χ4n) is 3.22. The molecule has 0 rings (SSSR count). The second-order valence-corrected chi connectivity index (χ2v) is 6.64. The van der Waals surface area contributed by atoms with Gasteiger partial charge in [0, 0.05) is 13.2 Å². The van der Waals surface area contributed by atoms with Crippen LogP contribution in [0.2, 0.25) is 0 Å². The van der Waals surface area contributed by atoms with Gasteiger partial charge in [0.2, 0.25) is 0 Å². The van der Waals surface area contributed by atoms with E-state index in [-0.39, 0.29) is 13.2 Å². The van der Waals surface area contributed by atoms with Crippen LogP contribution in [0.15, 0.2) is 0 Å². The Bertz CT molecular complexity index is 194. The van der Waals surface area contributed by atoms with E-state index < -0.39 is 0 Å². The molecule has 0 aromatic carbocycles. The highest BCUT2D eigenvalue weighted by Crippen LogP contribution is 2.23. The molecule has 2 heteroatoms.